The van der Waals surface area contributed by atoms with Gasteiger partial charge in [0, 0.05) is 19.2 Å². The monoisotopic (exact) mass is 393 g/mol. The van der Waals surface area contributed by atoms with E-state index >= 15 is 0 Å². The van der Waals surface area contributed by atoms with E-state index in [9.17, 15) is 14.0 Å². The van der Waals surface area contributed by atoms with Gasteiger partial charge < -0.3 is 10.1 Å². The maximum atomic E-state index is 13.2. The number of thioether (sulfide) groups is 1. The number of imide groups is 1. The lowest BCUT2D eigenvalue weighted by Gasteiger charge is -2.14. The van der Waals surface area contributed by atoms with Crippen molar-refractivity contribution in [2.24, 2.45) is 0 Å². The Balaban J connectivity index is 1.78. The highest BCUT2D eigenvalue weighted by Gasteiger charge is 2.22. The molecule has 1 fully saturated rings. The van der Waals surface area contributed by atoms with Crippen LogP contribution in [0.5, 0.6) is 0 Å². The van der Waals surface area contributed by atoms with E-state index in [0.717, 1.165) is 25.0 Å². The summed E-state index contributed by atoms with van der Waals surface area (Å²) in [6.07, 6.45) is 1.97. The van der Waals surface area contributed by atoms with Gasteiger partial charge in [-0.05, 0) is 37.1 Å². The number of benzene rings is 1. The van der Waals surface area contributed by atoms with Crippen LogP contribution in [0, 0.1) is 5.82 Å². The standard InChI is InChI=1S/C17H20FN5O3S/c1-19-16(25)20-14(24)10-27-17-22-21-15(11-4-6-12(18)7-5-11)23(17)9-13-3-2-8-26-13/h4-7,13H,2-3,8-10H2,1H3,(H2,19,20,24,25)/t13-/m1/s1. The second-order valence-corrected chi connectivity index (χ2v) is 6.92. The first-order chi connectivity index (χ1) is 13.1. The zero-order valence-corrected chi connectivity index (χ0v) is 15.6. The van der Waals surface area contributed by atoms with Gasteiger partial charge in [-0.25, -0.2) is 9.18 Å². The first-order valence-electron chi connectivity index (χ1n) is 8.52. The molecule has 3 rings (SSSR count). The van der Waals surface area contributed by atoms with Gasteiger partial charge in [-0.15, -0.1) is 10.2 Å². The molecule has 0 aliphatic carbocycles. The number of aromatic nitrogens is 3. The smallest absolute Gasteiger partial charge is 0.321 e. The Morgan fingerprint density at radius 2 is 2.11 bits per heavy atom. The lowest BCUT2D eigenvalue weighted by molar-refractivity contribution is -0.117. The quantitative estimate of drug-likeness (QED) is 0.727. The van der Waals surface area contributed by atoms with Gasteiger partial charge in [-0.1, -0.05) is 11.8 Å². The average Bonchev–Trinajstić information content (AvgIpc) is 3.31. The number of carbonyl (C=O) groups excluding carboxylic acids is 2. The van der Waals surface area contributed by atoms with Crippen molar-refractivity contribution >= 4 is 23.7 Å². The highest BCUT2D eigenvalue weighted by molar-refractivity contribution is 7.99. The SMILES string of the molecule is CNC(=O)NC(=O)CSc1nnc(-c2ccc(F)cc2)n1C[C@H]1CCCO1. The minimum absolute atomic E-state index is 0.0144. The van der Waals surface area contributed by atoms with Crippen molar-refractivity contribution in [1.29, 1.82) is 0 Å². The molecular formula is C17H20FN5O3S. The summed E-state index contributed by atoms with van der Waals surface area (Å²) in [5.41, 5.74) is 0.726. The van der Waals surface area contributed by atoms with Crippen molar-refractivity contribution in [3.8, 4) is 11.4 Å². The van der Waals surface area contributed by atoms with Crippen molar-refractivity contribution in [1.82, 2.24) is 25.4 Å². The van der Waals surface area contributed by atoms with Gasteiger partial charge >= 0.3 is 6.03 Å². The molecule has 1 aromatic heterocycles. The van der Waals surface area contributed by atoms with Crippen LogP contribution in [0.15, 0.2) is 29.4 Å². The lowest BCUT2D eigenvalue weighted by Crippen LogP contribution is -2.38. The number of amides is 3. The summed E-state index contributed by atoms with van der Waals surface area (Å²) >= 11 is 1.18. The molecule has 1 aliphatic rings. The molecule has 0 unspecified atom stereocenters. The Morgan fingerprint density at radius 3 is 2.78 bits per heavy atom. The molecule has 0 spiro atoms. The summed E-state index contributed by atoms with van der Waals surface area (Å²) in [6, 6.07) is 5.44. The molecule has 10 heteroatoms. The summed E-state index contributed by atoms with van der Waals surface area (Å²) in [7, 11) is 1.43. The van der Waals surface area contributed by atoms with Crippen molar-refractivity contribution in [3.05, 3.63) is 30.1 Å². The van der Waals surface area contributed by atoms with Crippen LogP contribution in [0.25, 0.3) is 11.4 Å². The molecule has 2 N–H and O–H groups in total. The molecule has 27 heavy (non-hydrogen) atoms. The molecule has 2 aromatic rings. The Bertz CT molecular complexity index is 805. The second kappa shape index (κ2) is 8.96. The number of ether oxygens (including phenoxy) is 1. The van der Waals surface area contributed by atoms with Crippen LogP contribution in [0.3, 0.4) is 0 Å². The van der Waals surface area contributed by atoms with Gasteiger partial charge in [0.25, 0.3) is 0 Å². The number of halogens is 1. The summed E-state index contributed by atoms with van der Waals surface area (Å²) in [6.45, 7) is 1.26. The van der Waals surface area contributed by atoms with Gasteiger partial charge in [0.05, 0.1) is 18.4 Å². The molecule has 0 saturated carbocycles. The third-order valence-electron chi connectivity index (χ3n) is 4.04. The Morgan fingerprint density at radius 1 is 1.33 bits per heavy atom. The first kappa shape index (κ1) is 19.3. The second-order valence-electron chi connectivity index (χ2n) is 5.97. The van der Waals surface area contributed by atoms with Crippen LogP contribution in [-0.4, -0.2) is 52.2 Å². The minimum atomic E-state index is -0.562. The highest BCUT2D eigenvalue weighted by Crippen LogP contribution is 2.26. The van der Waals surface area contributed by atoms with Crippen LogP contribution >= 0.6 is 11.8 Å². The van der Waals surface area contributed by atoms with E-state index in [1.807, 2.05) is 4.57 Å². The third kappa shape index (κ3) is 5.04. The van der Waals surface area contributed by atoms with E-state index in [4.69, 9.17) is 4.74 Å². The normalized spacial score (nSPS) is 16.3. The van der Waals surface area contributed by atoms with E-state index in [0.29, 0.717) is 17.5 Å². The van der Waals surface area contributed by atoms with Gasteiger partial charge in [0.1, 0.15) is 5.82 Å². The fraction of sp³-hybridized carbons (Fsp3) is 0.412. The van der Waals surface area contributed by atoms with Crippen molar-refractivity contribution < 1.29 is 18.7 Å². The highest BCUT2D eigenvalue weighted by atomic mass is 32.2. The largest absolute Gasteiger partial charge is 0.376 e. The van der Waals surface area contributed by atoms with Crippen LogP contribution in [0.4, 0.5) is 9.18 Å². The van der Waals surface area contributed by atoms with Crippen LogP contribution < -0.4 is 10.6 Å². The van der Waals surface area contributed by atoms with Gasteiger partial charge in [0.2, 0.25) is 5.91 Å². The van der Waals surface area contributed by atoms with E-state index < -0.39 is 11.9 Å². The number of carbonyl (C=O) groups is 2. The van der Waals surface area contributed by atoms with Gasteiger partial charge in [-0.2, -0.15) is 0 Å². The van der Waals surface area contributed by atoms with E-state index in [1.54, 1.807) is 12.1 Å². The molecule has 144 valence electrons. The molecule has 8 nitrogen and oxygen atoms in total. The van der Waals surface area contributed by atoms with Gasteiger partial charge in [0.15, 0.2) is 11.0 Å². The average molecular weight is 393 g/mol. The minimum Gasteiger partial charge on any atom is -0.376 e. The van der Waals surface area contributed by atoms with E-state index in [-0.39, 0.29) is 17.7 Å². The van der Waals surface area contributed by atoms with E-state index in [2.05, 4.69) is 20.8 Å². The fourth-order valence-electron chi connectivity index (χ4n) is 2.72. The Kier molecular flexibility index (Phi) is 6.40. The number of rotatable bonds is 6. The van der Waals surface area contributed by atoms with Gasteiger partial charge in [-0.3, -0.25) is 14.7 Å². The number of nitrogens with zero attached hydrogens (tertiary/aromatic N) is 3. The number of urea groups is 1. The Hall–Kier alpha value is -2.46. The maximum absolute atomic E-state index is 13.2. The van der Waals surface area contributed by atoms with Crippen molar-refractivity contribution in [3.63, 3.8) is 0 Å². The van der Waals surface area contributed by atoms with Crippen molar-refractivity contribution in [2.75, 3.05) is 19.4 Å². The molecule has 3 amide bonds. The zero-order chi connectivity index (χ0) is 19.2. The number of nitrogens with one attached hydrogen (secondary N) is 2. The Labute approximate surface area is 159 Å². The lowest BCUT2D eigenvalue weighted by atomic mass is 10.2. The molecule has 1 atom stereocenters. The molecular weight excluding hydrogens is 373 g/mol. The molecule has 0 radical (unpaired) electrons. The summed E-state index contributed by atoms with van der Waals surface area (Å²) in [5.74, 6) is -0.168. The topological polar surface area (TPSA) is 98.1 Å². The van der Waals surface area contributed by atoms with Crippen LogP contribution in [-0.2, 0) is 16.1 Å². The predicted molar refractivity (Wildman–Crippen MR) is 97.7 cm³/mol. The molecule has 2 heterocycles. The van der Waals surface area contributed by atoms with E-state index in [1.165, 1.54) is 30.9 Å². The maximum Gasteiger partial charge on any atom is 0.321 e. The predicted octanol–water partition coefficient (Wildman–Crippen LogP) is 1.81. The molecule has 1 saturated heterocycles. The third-order valence-corrected chi connectivity index (χ3v) is 5.01. The molecule has 0 bridgehead atoms. The summed E-state index contributed by atoms with van der Waals surface area (Å²) in [5, 5.41) is 13.5. The van der Waals surface area contributed by atoms with Crippen LogP contribution in [0.2, 0.25) is 0 Å². The number of hydrogen-bond acceptors (Lipinski definition) is 6. The van der Waals surface area contributed by atoms with Crippen molar-refractivity contribution in [2.45, 2.75) is 30.6 Å². The molecule has 1 aliphatic heterocycles. The number of hydrogen-bond donors (Lipinski definition) is 2. The molecule has 1 aromatic carbocycles. The summed E-state index contributed by atoms with van der Waals surface area (Å²) in [4.78, 5) is 23.1. The fourth-order valence-corrected chi connectivity index (χ4v) is 3.47. The first-order valence-corrected chi connectivity index (χ1v) is 9.50. The zero-order valence-electron chi connectivity index (χ0n) is 14.8. The van der Waals surface area contributed by atoms with Crippen LogP contribution in [0.1, 0.15) is 12.8 Å². The summed E-state index contributed by atoms with van der Waals surface area (Å²) < 4.78 is 20.8.